The Morgan fingerprint density at radius 3 is 2.53 bits per heavy atom. The minimum Gasteiger partial charge on any atom is -0.341 e. The number of carbonyl (C=O) groups excluding carboxylic acids is 1. The molecular weight excluding hydrogens is 212 g/mol. The second-order valence-corrected chi connectivity index (χ2v) is 6.15. The molecule has 0 spiro atoms. The second kappa shape index (κ2) is 6.39. The molecule has 1 heterocycles. The predicted octanol–water partition coefficient (Wildman–Crippen LogP) is 2.41. The van der Waals surface area contributed by atoms with E-state index in [1.807, 2.05) is 25.7 Å². The van der Waals surface area contributed by atoms with Crippen molar-refractivity contribution in [1.29, 1.82) is 0 Å². The van der Waals surface area contributed by atoms with E-state index in [4.69, 9.17) is 0 Å². The quantitative estimate of drug-likeness (QED) is 0.818. The van der Waals surface area contributed by atoms with Gasteiger partial charge in [0.1, 0.15) is 0 Å². The molecule has 0 radical (unpaired) electrons. The van der Waals surface area contributed by atoms with Crippen LogP contribution in [0.1, 0.15) is 53.4 Å². The van der Waals surface area contributed by atoms with Crippen molar-refractivity contribution in [1.82, 2.24) is 10.2 Å². The van der Waals surface area contributed by atoms with E-state index in [9.17, 15) is 4.79 Å². The number of nitrogens with zero attached hydrogens (tertiary/aromatic N) is 1. The standard InChI is InChI=1S/C14H28N2O/c1-5-10-16(13(17)14(2,3)4)11-12-8-6-7-9-15-12/h12,15H,5-11H2,1-4H3. The molecule has 0 saturated carbocycles. The van der Waals surface area contributed by atoms with Gasteiger partial charge in [0.2, 0.25) is 5.91 Å². The van der Waals surface area contributed by atoms with Gasteiger partial charge in [-0.2, -0.15) is 0 Å². The van der Waals surface area contributed by atoms with Gasteiger partial charge in [-0.15, -0.1) is 0 Å². The molecule has 1 unspecified atom stereocenters. The first-order valence-corrected chi connectivity index (χ1v) is 6.98. The van der Waals surface area contributed by atoms with Crippen molar-refractivity contribution in [2.75, 3.05) is 19.6 Å². The maximum Gasteiger partial charge on any atom is 0.227 e. The first-order valence-electron chi connectivity index (χ1n) is 6.98. The molecule has 1 aliphatic heterocycles. The molecule has 3 nitrogen and oxygen atoms in total. The van der Waals surface area contributed by atoms with Crippen LogP contribution in [-0.2, 0) is 4.79 Å². The van der Waals surface area contributed by atoms with Crippen LogP contribution in [-0.4, -0.2) is 36.5 Å². The Hall–Kier alpha value is -0.570. The number of amides is 1. The molecule has 0 aromatic heterocycles. The summed E-state index contributed by atoms with van der Waals surface area (Å²) in [6.45, 7) is 11.0. The zero-order chi connectivity index (χ0) is 12.9. The van der Waals surface area contributed by atoms with Crippen LogP contribution >= 0.6 is 0 Å². The van der Waals surface area contributed by atoms with Gasteiger partial charge in [-0.25, -0.2) is 0 Å². The van der Waals surface area contributed by atoms with Gasteiger partial charge in [-0.1, -0.05) is 34.1 Å². The highest BCUT2D eigenvalue weighted by molar-refractivity contribution is 5.81. The summed E-state index contributed by atoms with van der Waals surface area (Å²) in [6.07, 6.45) is 4.81. The highest BCUT2D eigenvalue weighted by atomic mass is 16.2. The van der Waals surface area contributed by atoms with Crippen molar-refractivity contribution in [3.05, 3.63) is 0 Å². The monoisotopic (exact) mass is 240 g/mol. The fraction of sp³-hybridized carbons (Fsp3) is 0.929. The Kier molecular flexibility index (Phi) is 5.44. The third-order valence-electron chi connectivity index (χ3n) is 3.28. The Morgan fingerprint density at radius 2 is 2.06 bits per heavy atom. The van der Waals surface area contributed by atoms with Crippen LogP contribution in [0.5, 0.6) is 0 Å². The topological polar surface area (TPSA) is 32.3 Å². The Morgan fingerprint density at radius 1 is 1.35 bits per heavy atom. The summed E-state index contributed by atoms with van der Waals surface area (Å²) in [5.41, 5.74) is -0.260. The van der Waals surface area contributed by atoms with Crippen LogP contribution in [0.25, 0.3) is 0 Å². The van der Waals surface area contributed by atoms with Crippen molar-refractivity contribution in [2.45, 2.75) is 59.4 Å². The van der Waals surface area contributed by atoms with Gasteiger partial charge in [-0.3, -0.25) is 4.79 Å². The second-order valence-electron chi connectivity index (χ2n) is 6.15. The zero-order valence-corrected chi connectivity index (χ0v) is 11.9. The van der Waals surface area contributed by atoms with Crippen LogP contribution in [0, 0.1) is 5.41 Å². The molecule has 0 aromatic rings. The summed E-state index contributed by atoms with van der Waals surface area (Å²) in [6, 6.07) is 0.501. The maximum atomic E-state index is 12.3. The Bertz CT molecular complexity index is 239. The summed E-state index contributed by atoms with van der Waals surface area (Å²) in [4.78, 5) is 14.4. The van der Waals surface area contributed by atoms with Crippen molar-refractivity contribution >= 4 is 5.91 Å². The van der Waals surface area contributed by atoms with Gasteiger partial charge in [0.05, 0.1) is 0 Å². The normalized spacial score (nSPS) is 21.3. The minimum atomic E-state index is -0.260. The lowest BCUT2D eigenvalue weighted by atomic mass is 9.94. The zero-order valence-electron chi connectivity index (χ0n) is 11.9. The van der Waals surface area contributed by atoms with E-state index in [-0.39, 0.29) is 11.3 Å². The first kappa shape index (κ1) is 14.5. The third-order valence-corrected chi connectivity index (χ3v) is 3.28. The molecule has 1 aliphatic rings. The molecule has 1 fully saturated rings. The average Bonchev–Trinajstić information content (AvgIpc) is 2.28. The van der Waals surface area contributed by atoms with Gasteiger partial charge >= 0.3 is 0 Å². The SMILES string of the molecule is CCCN(CC1CCCCN1)C(=O)C(C)(C)C. The molecule has 1 saturated heterocycles. The highest BCUT2D eigenvalue weighted by Crippen LogP contribution is 2.19. The Labute approximate surface area is 106 Å². The molecule has 3 heteroatoms. The third kappa shape index (κ3) is 4.66. The number of rotatable bonds is 4. The van der Waals surface area contributed by atoms with E-state index in [1.54, 1.807) is 0 Å². The van der Waals surface area contributed by atoms with Crippen LogP contribution in [0.2, 0.25) is 0 Å². The minimum absolute atomic E-state index is 0.260. The number of piperidine rings is 1. The lowest BCUT2D eigenvalue weighted by Crippen LogP contribution is -2.48. The predicted molar refractivity (Wildman–Crippen MR) is 72.0 cm³/mol. The van der Waals surface area contributed by atoms with Crippen LogP contribution in [0.4, 0.5) is 0 Å². The van der Waals surface area contributed by atoms with Gasteiger partial charge < -0.3 is 10.2 Å². The summed E-state index contributed by atoms with van der Waals surface area (Å²) in [7, 11) is 0. The molecule has 1 N–H and O–H groups in total. The molecule has 1 atom stereocenters. The van der Waals surface area contributed by atoms with Gasteiger partial charge in [-0.05, 0) is 25.8 Å². The fourth-order valence-corrected chi connectivity index (χ4v) is 2.37. The smallest absolute Gasteiger partial charge is 0.227 e. The fourth-order valence-electron chi connectivity index (χ4n) is 2.37. The molecule has 17 heavy (non-hydrogen) atoms. The van der Waals surface area contributed by atoms with Crippen LogP contribution in [0.3, 0.4) is 0 Å². The van der Waals surface area contributed by atoms with Crippen molar-refractivity contribution in [3.63, 3.8) is 0 Å². The highest BCUT2D eigenvalue weighted by Gasteiger charge is 2.28. The van der Waals surface area contributed by atoms with Crippen LogP contribution in [0.15, 0.2) is 0 Å². The number of hydrogen-bond acceptors (Lipinski definition) is 2. The van der Waals surface area contributed by atoms with E-state index < -0.39 is 0 Å². The van der Waals surface area contributed by atoms with Crippen molar-refractivity contribution in [2.24, 2.45) is 5.41 Å². The largest absolute Gasteiger partial charge is 0.341 e. The first-order chi connectivity index (χ1) is 7.95. The van der Waals surface area contributed by atoms with Crippen molar-refractivity contribution in [3.8, 4) is 0 Å². The molecule has 0 aliphatic carbocycles. The molecular formula is C14H28N2O. The summed E-state index contributed by atoms with van der Waals surface area (Å²) < 4.78 is 0. The molecule has 1 rings (SSSR count). The summed E-state index contributed by atoms with van der Waals surface area (Å²) >= 11 is 0. The number of nitrogens with one attached hydrogen (secondary N) is 1. The molecule has 0 aromatic carbocycles. The molecule has 0 bridgehead atoms. The summed E-state index contributed by atoms with van der Waals surface area (Å²) in [5, 5.41) is 3.52. The van der Waals surface area contributed by atoms with Gasteiger partial charge in [0.25, 0.3) is 0 Å². The maximum absolute atomic E-state index is 12.3. The van der Waals surface area contributed by atoms with Gasteiger partial charge in [0, 0.05) is 24.5 Å². The van der Waals surface area contributed by atoms with E-state index in [0.717, 1.165) is 26.1 Å². The molecule has 1 amide bonds. The average molecular weight is 240 g/mol. The van der Waals surface area contributed by atoms with E-state index >= 15 is 0 Å². The van der Waals surface area contributed by atoms with Gasteiger partial charge in [0.15, 0.2) is 0 Å². The lowest BCUT2D eigenvalue weighted by molar-refractivity contribution is -0.140. The van der Waals surface area contributed by atoms with E-state index in [0.29, 0.717) is 6.04 Å². The Balaban J connectivity index is 2.55. The lowest BCUT2D eigenvalue weighted by Gasteiger charge is -2.34. The number of carbonyl (C=O) groups is 1. The van der Waals surface area contributed by atoms with Crippen LogP contribution < -0.4 is 5.32 Å². The van der Waals surface area contributed by atoms with E-state index in [1.165, 1.54) is 19.3 Å². The van der Waals surface area contributed by atoms with E-state index in [2.05, 4.69) is 12.2 Å². The summed E-state index contributed by atoms with van der Waals surface area (Å²) in [5.74, 6) is 0.284. The molecule has 100 valence electrons. The van der Waals surface area contributed by atoms with Crippen molar-refractivity contribution < 1.29 is 4.79 Å². The number of hydrogen-bond donors (Lipinski definition) is 1.